The lowest BCUT2D eigenvalue weighted by Crippen LogP contribution is -2.22. The number of aliphatic carboxylic acids is 1. The summed E-state index contributed by atoms with van der Waals surface area (Å²) in [6.45, 7) is -0.614. The first-order valence-corrected chi connectivity index (χ1v) is 14.0. The molecule has 0 bridgehead atoms. The van der Waals surface area contributed by atoms with Gasteiger partial charge in [-0.05, 0) is 24.1 Å². The molecule has 6 nitrogen and oxygen atoms in total. The van der Waals surface area contributed by atoms with Crippen LogP contribution in [0.3, 0.4) is 0 Å². The van der Waals surface area contributed by atoms with E-state index in [1.165, 1.54) is 23.5 Å². The van der Waals surface area contributed by atoms with Crippen molar-refractivity contribution in [3.8, 4) is 27.6 Å². The van der Waals surface area contributed by atoms with Crippen molar-refractivity contribution in [2.75, 3.05) is 6.61 Å². The topological polar surface area (TPSA) is 93.6 Å². The molecule has 0 saturated heterocycles. The van der Waals surface area contributed by atoms with Crippen molar-refractivity contribution in [3.63, 3.8) is 0 Å². The van der Waals surface area contributed by atoms with Gasteiger partial charge in [-0.2, -0.15) is 13.2 Å². The second kappa shape index (κ2) is 9.88. The molecule has 0 fully saturated rings. The van der Waals surface area contributed by atoms with Gasteiger partial charge in [-0.1, -0.05) is 60.7 Å². The second-order valence-corrected chi connectivity index (χ2v) is 12.0. The first kappa shape index (κ1) is 25.9. The molecule has 38 heavy (non-hydrogen) atoms. The van der Waals surface area contributed by atoms with E-state index in [4.69, 9.17) is 14.8 Å². The number of carboxylic acid groups (broad SMARTS) is 1. The number of carbonyl (C=O) groups is 1. The number of aromatic nitrogens is 1. The van der Waals surface area contributed by atoms with Gasteiger partial charge in [0.25, 0.3) is 0 Å². The fraction of sp³-hybridized carbons (Fsp3) is 0.185. The van der Waals surface area contributed by atoms with Gasteiger partial charge in [0.1, 0.15) is 16.0 Å². The Balaban J connectivity index is 1.61. The van der Waals surface area contributed by atoms with Crippen molar-refractivity contribution in [1.82, 2.24) is 4.98 Å². The van der Waals surface area contributed by atoms with E-state index in [0.717, 1.165) is 17.7 Å². The summed E-state index contributed by atoms with van der Waals surface area (Å²) in [4.78, 5) is 16.3. The standard InChI is InChI=1S/C27H20F3NO5S2/c28-27(29,30)18-9-4-6-16(12-18)15-38(34,35)22-13-20-19(10-5-11-21(20)36-14-23(32)33)24-25(22)37-26(31-24)17-7-2-1-3-8-17/h1-12,22H,13-15H2,(H,32,33). The van der Waals surface area contributed by atoms with Crippen molar-refractivity contribution in [2.24, 2.45) is 0 Å². The Labute approximate surface area is 220 Å². The minimum atomic E-state index is -4.60. The molecule has 3 aromatic carbocycles. The Bertz CT molecular complexity index is 1620. The fourth-order valence-electron chi connectivity index (χ4n) is 4.46. The molecule has 4 aromatic rings. The number of ether oxygens (including phenoxy) is 1. The molecule has 1 aliphatic carbocycles. The number of hydrogen-bond acceptors (Lipinski definition) is 6. The normalized spacial score (nSPS) is 15.0. The number of alkyl halides is 3. The number of halogens is 3. The van der Waals surface area contributed by atoms with Crippen LogP contribution in [0.5, 0.6) is 5.75 Å². The first-order chi connectivity index (χ1) is 18.0. The number of rotatable bonds is 7. The van der Waals surface area contributed by atoms with Crippen LogP contribution in [0.4, 0.5) is 13.2 Å². The molecule has 1 unspecified atom stereocenters. The maximum atomic E-state index is 13.8. The van der Waals surface area contributed by atoms with Crippen LogP contribution in [0, 0.1) is 0 Å². The lowest BCUT2D eigenvalue weighted by molar-refractivity contribution is -0.139. The summed E-state index contributed by atoms with van der Waals surface area (Å²) in [6, 6.07) is 18.5. The largest absolute Gasteiger partial charge is 0.482 e. The molecule has 1 N–H and O–H groups in total. The molecule has 11 heteroatoms. The van der Waals surface area contributed by atoms with E-state index in [0.29, 0.717) is 26.7 Å². The van der Waals surface area contributed by atoms with E-state index in [-0.39, 0.29) is 17.7 Å². The van der Waals surface area contributed by atoms with Crippen molar-refractivity contribution < 1.29 is 36.2 Å². The van der Waals surface area contributed by atoms with Crippen LogP contribution in [-0.4, -0.2) is 31.1 Å². The van der Waals surface area contributed by atoms with E-state index in [9.17, 15) is 26.4 Å². The van der Waals surface area contributed by atoms with E-state index in [1.807, 2.05) is 30.3 Å². The Kier molecular flexibility index (Phi) is 6.74. The smallest absolute Gasteiger partial charge is 0.416 e. The molecular formula is C27H20F3NO5S2. The zero-order chi connectivity index (χ0) is 27.1. The van der Waals surface area contributed by atoms with Crippen LogP contribution >= 0.6 is 11.3 Å². The van der Waals surface area contributed by atoms with Gasteiger partial charge in [0.05, 0.1) is 21.9 Å². The Morgan fingerprint density at radius 3 is 2.50 bits per heavy atom. The SMILES string of the molecule is O=C(O)COc1cccc2c1CC(S(=O)(=O)Cc1cccc(C(F)(F)F)c1)c1sc(-c3ccccc3)nc1-2. The fourth-order valence-corrected chi connectivity index (χ4v) is 7.81. The third-order valence-electron chi connectivity index (χ3n) is 6.15. The molecule has 0 radical (unpaired) electrons. The highest BCUT2D eigenvalue weighted by Crippen LogP contribution is 2.49. The van der Waals surface area contributed by atoms with Gasteiger partial charge in [0.15, 0.2) is 16.4 Å². The van der Waals surface area contributed by atoms with Crippen molar-refractivity contribution in [1.29, 1.82) is 0 Å². The van der Waals surface area contributed by atoms with Gasteiger partial charge in [-0.3, -0.25) is 0 Å². The van der Waals surface area contributed by atoms with E-state index >= 15 is 0 Å². The van der Waals surface area contributed by atoms with Crippen LogP contribution in [0.15, 0.2) is 72.8 Å². The van der Waals surface area contributed by atoms with Crippen LogP contribution in [-0.2, 0) is 33.0 Å². The number of thiazole rings is 1. The predicted octanol–water partition coefficient (Wildman–Crippen LogP) is 6.17. The van der Waals surface area contributed by atoms with Crippen LogP contribution < -0.4 is 4.74 Å². The van der Waals surface area contributed by atoms with Gasteiger partial charge < -0.3 is 9.84 Å². The van der Waals surface area contributed by atoms with Crippen molar-refractivity contribution in [2.45, 2.75) is 23.6 Å². The molecule has 0 amide bonds. The quantitative estimate of drug-likeness (QED) is 0.291. The maximum Gasteiger partial charge on any atom is 0.416 e. The van der Waals surface area contributed by atoms with E-state index < -0.39 is 45.2 Å². The maximum absolute atomic E-state index is 13.8. The Morgan fingerprint density at radius 2 is 1.79 bits per heavy atom. The zero-order valence-corrected chi connectivity index (χ0v) is 21.2. The van der Waals surface area contributed by atoms with Crippen LogP contribution in [0.25, 0.3) is 21.8 Å². The summed E-state index contributed by atoms with van der Waals surface area (Å²) in [5.41, 5.74) is 1.45. The van der Waals surface area contributed by atoms with Gasteiger partial charge in [0.2, 0.25) is 0 Å². The highest BCUT2D eigenvalue weighted by Gasteiger charge is 2.39. The predicted molar refractivity (Wildman–Crippen MR) is 137 cm³/mol. The molecule has 5 rings (SSSR count). The zero-order valence-electron chi connectivity index (χ0n) is 19.6. The third-order valence-corrected chi connectivity index (χ3v) is 9.52. The number of sulfone groups is 1. The molecule has 0 aliphatic heterocycles. The average Bonchev–Trinajstić information content (AvgIpc) is 3.32. The summed E-state index contributed by atoms with van der Waals surface area (Å²) in [5.74, 6) is -1.57. The molecule has 1 atom stereocenters. The van der Waals surface area contributed by atoms with Crippen molar-refractivity contribution in [3.05, 3.63) is 94.4 Å². The second-order valence-electron chi connectivity index (χ2n) is 8.76. The molecule has 0 spiro atoms. The summed E-state index contributed by atoms with van der Waals surface area (Å²) >= 11 is 1.22. The summed E-state index contributed by atoms with van der Waals surface area (Å²) < 4.78 is 72.7. The number of benzene rings is 3. The van der Waals surface area contributed by atoms with Gasteiger partial charge in [-0.25, -0.2) is 18.2 Å². The van der Waals surface area contributed by atoms with Crippen LogP contribution in [0.2, 0.25) is 0 Å². The van der Waals surface area contributed by atoms with E-state index in [2.05, 4.69) is 0 Å². The molecule has 0 saturated carbocycles. The lowest BCUT2D eigenvalue weighted by Gasteiger charge is -2.26. The summed E-state index contributed by atoms with van der Waals surface area (Å²) in [6.07, 6.45) is -4.63. The molecule has 1 aromatic heterocycles. The average molecular weight is 560 g/mol. The number of carboxylic acids is 1. The van der Waals surface area contributed by atoms with Gasteiger partial charge >= 0.3 is 12.1 Å². The lowest BCUT2D eigenvalue weighted by atomic mass is 9.92. The van der Waals surface area contributed by atoms with Gasteiger partial charge in [0, 0.05) is 16.7 Å². The number of nitrogens with zero attached hydrogens (tertiary/aromatic N) is 1. The minimum Gasteiger partial charge on any atom is -0.482 e. The van der Waals surface area contributed by atoms with Crippen molar-refractivity contribution >= 4 is 27.1 Å². The summed E-state index contributed by atoms with van der Waals surface area (Å²) in [5, 5.41) is 8.57. The number of hydrogen-bond donors (Lipinski definition) is 1. The summed E-state index contributed by atoms with van der Waals surface area (Å²) in [7, 11) is -4.04. The molecular weight excluding hydrogens is 539 g/mol. The van der Waals surface area contributed by atoms with E-state index in [1.54, 1.807) is 18.2 Å². The number of fused-ring (bicyclic) bond motifs is 3. The molecule has 1 aliphatic rings. The highest BCUT2D eigenvalue weighted by atomic mass is 32.2. The Morgan fingerprint density at radius 1 is 1.05 bits per heavy atom. The van der Waals surface area contributed by atoms with Gasteiger partial charge in [-0.15, -0.1) is 11.3 Å². The van der Waals surface area contributed by atoms with Crippen LogP contribution in [0.1, 0.15) is 26.8 Å². The monoisotopic (exact) mass is 559 g/mol. The molecule has 196 valence electrons. The molecule has 1 heterocycles. The third kappa shape index (κ3) is 5.16. The minimum absolute atomic E-state index is 0.0235. The highest BCUT2D eigenvalue weighted by molar-refractivity contribution is 7.91. The first-order valence-electron chi connectivity index (χ1n) is 11.4. The Hall–Kier alpha value is -3.70.